The molecule has 0 bridgehead atoms. The van der Waals surface area contributed by atoms with Gasteiger partial charge in [-0.3, -0.25) is 10.1 Å². The molecule has 0 saturated carbocycles. The molecule has 0 aliphatic heterocycles. The van der Waals surface area contributed by atoms with E-state index in [0.29, 0.717) is 0 Å². The average Bonchev–Trinajstić information content (AvgIpc) is 2.29. The van der Waals surface area contributed by atoms with E-state index in [1.165, 1.54) is 18.2 Å². The quantitative estimate of drug-likeness (QED) is 0.610. The van der Waals surface area contributed by atoms with Gasteiger partial charge in [0.1, 0.15) is 5.69 Å². The third-order valence-electron chi connectivity index (χ3n) is 2.19. The molecule has 1 aromatic rings. The second-order valence-electron chi connectivity index (χ2n) is 4.27. The fourth-order valence-electron chi connectivity index (χ4n) is 1.26. The Morgan fingerprint density at radius 1 is 1.59 bits per heavy atom. The molecule has 2 N–H and O–H groups in total. The lowest BCUT2D eigenvalue weighted by molar-refractivity contribution is -0.384. The standard InChI is InChI=1S/C11H13N3O3/c1-11(2,7-15)13-9-4-3-8(6-12)5-10(9)14(16)17/h3-5,13,15H,7H2,1-2H3. The van der Waals surface area contributed by atoms with Crippen LogP contribution in [-0.2, 0) is 0 Å². The second kappa shape index (κ2) is 4.80. The summed E-state index contributed by atoms with van der Waals surface area (Å²) in [6, 6.07) is 6.00. The van der Waals surface area contributed by atoms with E-state index in [-0.39, 0.29) is 23.5 Å². The van der Waals surface area contributed by atoms with E-state index in [9.17, 15) is 10.1 Å². The summed E-state index contributed by atoms with van der Waals surface area (Å²) < 4.78 is 0. The summed E-state index contributed by atoms with van der Waals surface area (Å²) in [5.41, 5.74) is -0.332. The second-order valence-corrected chi connectivity index (χ2v) is 4.27. The monoisotopic (exact) mass is 235 g/mol. The highest BCUT2D eigenvalue weighted by atomic mass is 16.6. The van der Waals surface area contributed by atoms with E-state index in [1.807, 2.05) is 6.07 Å². The van der Waals surface area contributed by atoms with Crippen molar-refractivity contribution < 1.29 is 10.0 Å². The molecule has 0 fully saturated rings. The highest BCUT2D eigenvalue weighted by Gasteiger charge is 2.22. The van der Waals surface area contributed by atoms with Crippen molar-refractivity contribution in [3.8, 4) is 6.07 Å². The first-order valence-electron chi connectivity index (χ1n) is 4.97. The Balaban J connectivity index is 3.17. The number of anilines is 1. The third kappa shape index (κ3) is 3.16. The van der Waals surface area contributed by atoms with Crippen LogP contribution >= 0.6 is 0 Å². The molecule has 0 atom stereocenters. The zero-order chi connectivity index (χ0) is 13.1. The fourth-order valence-corrected chi connectivity index (χ4v) is 1.26. The van der Waals surface area contributed by atoms with Gasteiger partial charge in [0.15, 0.2) is 0 Å². The van der Waals surface area contributed by atoms with Gasteiger partial charge in [-0.2, -0.15) is 5.26 Å². The lowest BCUT2D eigenvalue weighted by Crippen LogP contribution is -2.35. The van der Waals surface area contributed by atoms with Crippen molar-refractivity contribution in [2.24, 2.45) is 0 Å². The van der Waals surface area contributed by atoms with E-state index in [2.05, 4.69) is 5.32 Å². The van der Waals surface area contributed by atoms with Crippen molar-refractivity contribution in [1.29, 1.82) is 5.26 Å². The molecule has 1 aromatic carbocycles. The molecule has 1 rings (SSSR count). The van der Waals surface area contributed by atoms with E-state index in [1.54, 1.807) is 13.8 Å². The molecule has 6 nitrogen and oxygen atoms in total. The zero-order valence-corrected chi connectivity index (χ0v) is 9.60. The third-order valence-corrected chi connectivity index (χ3v) is 2.19. The van der Waals surface area contributed by atoms with E-state index in [0.717, 1.165) is 0 Å². The number of rotatable bonds is 4. The van der Waals surface area contributed by atoms with Gasteiger partial charge in [-0.25, -0.2) is 0 Å². The van der Waals surface area contributed by atoms with E-state index >= 15 is 0 Å². The molecule has 0 saturated heterocycles. The first-order chi connectivity index (χ1) is 7.89. The van der Waals surface area contributed by atoms with Gasteiger partial charge in [0.05, 0.1) is 28.7 Å². The molecule has 0 radical (unpaired) electrons. The summed E-state index contributed by atoms with van der Waals surface area (Å²) in [7, 11) is 0. The van der Waals surface area contributed by atoms with Gasteiger partial charge in [0.2, 0.25) is 0 Å². The Bertz CT molecular complexity index is 477. The summed E-state index contributed by atoms with van der Waals surface area (Å²) >= 11 is 0. The van der Waals surface area contributed by atoms with Crippen LogP contribution in [-0.4, -0.2) is 22.2 Å². The molecular formula is C11H13N3O3. The molecule has 17 heavy (non-hydrogen) atoms. The lowest BCUT2D eigenvalue weighted by Gasteiger charge is -2.24. The van der Waals surface area contributed by atoms with Crippen LogP contribution in [0.25, 0.3) is 0 Å². The Kier molecular flexibility index (Phi) is 3.66. The summed E-state index contributed by atoms with van der Waals surface area (Å²) in [5.74, 6) is 0. The number of nitriles is 1. The topological polar surface area (TPSA) is 99.2 Å². The number of nitrogens with one attached hydrogen (secondary N) is 1. The Labute approximate surface area is 98.6 Å². The first kappa shape index (κ1) is 12.9. The SMILES string of the molecule is CC(C)(CO)Nc1ccc(C#N)cc1[N+](=O)[O-]. The van der Waals surface area contributed by atoms with Crippen molar-refractivity contribution >= 4 is 11.4 Å². The van der Waals surface area contributed by atoms with Gasteiger partial charge >= 0.3 is 0 Å². The summed E-state index contributed by atoms with van der Waals surface area (Å²) in [4.78, 5) is 10.3. The minimum absolute atomic E-state index is 0.163. The van der Waals surface area contributed by atoms with Gasteiger partial charge in [-0.15, -0.1) is 0 Å². The van der Waals surface area contributed by atoms with Crippen LogP contribution in [0.3, 0.4) is 0 Å². The number of hydrogen-bond donors (Lipinski definition) is 2. The number of hydrogen-bond acceptors (Lipinski definition) is 5. The van der Waals surface area contributed by atoms with Crippen LogP contribution in [0.1, 0.15) is 19.4 Å². The smallest absolute Gasteiger partial charge is 0.293 e. The van der Waals surface area contributed by atoms with Crippen LogP contribution in [0.4, 0.5) is 11.4 Å². The number of aliphatic hydroxyl groups is 1. The van der Waals surface area contributed by atoms with E-state index < -0.39 is 10.5 Å². The van der Waals surface area contributed by atoms with Gasteiger partial charge < -0.3 is 10.4 Å². The minimum atomic E-state index is -0.668. The summed E-state index contributed by atoms with van der Waals surface area (Å²) in [6.07, 6.45) is 0. The minimum Gasteiger partial charge on any atom is -0.394 e. The van der Waals surface area contributed by atoms with Crippen LogP contribution in [0, 0.1) is 21.4 Å². The highest BCUT2D eigenvalue weighted by Crippen LogP contribution is 2.27. The predicted molar refractivity (Wildman–Crippen MR) is 62.6 cm³/mol. The van der Waals surface area contributed by atoms with Crippen LogP contribution < -0.4 is 5.32 Å². The van der Waals surface area contributed by atoms with Gasteiger partial charge in [0.25, 0.3) is 5.69 Å². The zero-order valence-electron chi connectivity index (χ0n) is 9.60. The molecule has 0 amide bonds. The number of benzene rings is 1. The Hall–Kier alpha value is -2.13. The number of nitro groups is 1. The van der Waals surface area contributed by atoms with Gasteiger partial charge in [0, 0.05) is 6.07 Å². The van der Waals surface area contributed by atoms with Crippen molar-refractivity contribution in [2.75, 3.05) is 11.9 Å². The highest BCUT2D eigenvalue weighted by molar-refractivity contribution is 5.65. The maximum atomic E-state index is 10.9. The molecule has 0 aliphatic carbocycles. The largest absolute Gasteiger partial charge is 0.394 e. The molecule has 0 heterocycles. The van der Waals surface area contributed by atoms with Gasteiger partial charge in [-0.1, -0.05) is 0 Å². The molecule has 6 heteroatoms. The van der Waals surface area contributed by atoms with Crippen molar-refractivity contribution in [2.45, 2.75) is 19.4 Å². The molecule has 0 aliphatic rings. The first-order valence-corrected chi connectivity index (χ1v) is 4.97. The van der Waals surface area contributed by atoms with Crippen molar-refractivity contribution in [1.82, 2.24) is 0 Å². The maximum Gasteiger partial charge on any atom is 0.293 e. The Morgan fingerprint density at radius 3 is 2.71 bits per heavy atom. The van der Waals surface area contributed by atoms with Gasteiger partial charge in [-0.05, 0) is 26.0 Å². The molecule has 0 unspecified atom stereocenters. The van der Waals surface area contributed by atoms with Crippen LogP contribution in [0.2, 0.25) is 0 Å². The normalized spacial score (nSPS) is 10.7. The van der Waals surface area contributed by atoms with Crippen LogP contribution in [0.5, 0.6) is 0 Å². The Morgan fingerprint density at radius 2 is 2.24 bits per heavy atom. The number of aliphatic hydroxyl groups excluding tert-OH is 1. The lowest BCUT2D eigenvalue weighted by atomic mass is 10.1. The van der Waals surface area contributed by atoms with Crippen molar-refractivity contribution in [3.63, 3.8) is 0 Å². The molecule has 0 aromatic heterocycles. The summed E-state index contributed by atoms with van der Waals surface area (Å²) in [6.45, 7) is 3.27. The molecule has 90 valence electrons. The molecule has 0 spiro atoms. The average molecular weight is 235 g/mol. The predicted octanol–water partition coefficient (Wildman–Crippen LogP) is 1.65. The fraction of sp³-hybridized carbons (Fsp3) is 0.364. The number of nitrogens with zero attached hydrogens (tertiary/aromatic N) is 2. The van der Waals surface area contributed by atoms with Crippen molar-refractivity contribution in [3.05, 3.63) is 33.9 Å². The number of nitro benzene ring substituents is 1. The van der Waals surface area contributed by atoms with Crippen LogP contribution in [0.15, 0.2) is 18.2 Å². The maximum absolute atomic E-state index is 10.9. The summed E-state index contributed by atoms with van der Waals surface area (Å²) in [5, 5.41) is 31.5. The van der Waals surface area contributed by atoms with E-state index in [4.69, 9.17) is 10.4 Å². The molecular weight excluding hydrogens is 222 g/mol.